The SMILES string of the molecule is CCNS(=O)(=O)c1ccc(N)cc1C. The maximum atomic E-state index is 11.6. The van der Waals surface area contributed by atoms with Crippen LogP contribution in [0.2, 0.25) is 0 Å². The minimum absolute atomic E-state index is 0.286. The van der Waals surface area contributed by atoms with Gasteiger partial charge >= 0.3 is 0 Å². The molecule has 0 aliphatic rings. The summed E-state index contributed by atoms with van der Waals surface area (Å²) in [5, 5.41) is 0. The van der Waals surface area contributed by atoms with Crippen LogP contribution in [0.4, 0.5) is 5.69 Å². The molecule has 0 aliphatic carbocycles. The normalized spacial score (nSPS) is 11.6. The maximum Gasteiger partial charge on any atom is 0.240 e. The summed E-state index contributed by atoms with van der Waals surface area (Å²) in [6.07, 6.45) is 0. The molecule has 0 fully saturated rings. The molecule has 1 aromatic rings. The number of hydrogen-bond acceptors (Lipinski definition) is 3. The third-order valence-electron chi connectivity index (χ3n) is 1.82. The maximum absolute atomic E-state index is 11.6. The van der Waals surface area contributed by atoms with Crippen molar-refractivity contribution >= 4 is 15.7 Å². The molecular weight excluding hydrogens is 200 g/mol. The fourth-order valence-electron chi connectivity index (χ4n) is 1.24. The van der Waals surface area contributed by atoms with Crippen LogP contribution in [-0.2, 0) is 10.0 Å². The number of hydrogen-bond donors (Lipinski definition) is 2. The molecule has 0 aliphatic heterocycles. The van der Waals surface area contributed by atoms with Crippen molar-refractivity contribution in [3.63, 3.8) is 0 Å². The summed E-state index contributed by atoms with van der Waals surface area (Å²) in [7, 11) is -3.36. The second-order valence-electron chi connectivity index (χ2n) is 3.03. The fourth-order valence-corrected chi connectivity index (χ4v) is 2.51. The summed E-state index contributed by atoms with van der Waals surface area (Å²) in [5.41, 5.74) is 6.76. The van der Waals surface area contributed by atoms with Gasteiger partial charge in [0.25, 0.3) is 0 Å². The van der Waals surface area contributed by atoms with Gasteiger partial charge in [0.1, 0.15) is 0 Å². The lowest BCUT2D eigenvalue weighted by Gasteiger charge is -2.07. The van der Waals surface area contributed by atoms with E-state index in [-0.39, 0.29) is 4.90 Å². The average molecular weight is 214 g/mol. The minimum Gasteiger partial charge on any atom is -0.399 e. The average Bonchev–Trinajstić information content (AvgIpc) is 2.02. The summed E-state index contributed by atoms with van der Waals surface area (Å²) in [6.45, 7) is 3.84. The van der Waals surface area contributed by atoms with E-state index in [0.29, 0.717) is 17.8 Å². The van der Waals surface area contributed by atoms with E-state index in [4.69, 9.17) is 5.73 Å². The fraction of sp³-hybridized carbons (Fsp3) is 0.333. The standard InChI is InChI=1S/C9H14N2O2S/c1-3-11-14(12,13)9-5-4-8(10)6-7(9)2/h4-6,11H,3,10H2,1-2H3. The Hall–Kier alpha value is -1.07. The van der Waals surface area contributed by atoms with Gasteiger partial charge in [0.15, 0.2) is 0 Å². The van der Waals surface area contributed by atoms with Gasteiger partial charge in [-0.15, -0.1) is 0 Å². The number of sulfonamides is 1. The Labute approximate surface area is 84.2 Å². The van der Waals surface area contributed by atoms with Crippen LogP contribution in [-0.4, -0.2) is 15.0 Å². The predicted molar refractivity (Wildman–Crippen MR) is 56.5 cm³/mol. The van der Waals surface area contributed by atoms with Crippen molar-refractivity contribution in [2.75, 3.05) is 12.3 Å². The van der Waals surface area contributed by atoms with Crippen molar-refractivity contribution in [3.8, 4) is 0 Å². The monoisotopic (exact) mass is 214 g/mol. The van der Waals surface area contributed by atoms with E-state index < -0.39 is 10.0 Å². The Morgan fingerprint density at radius 1 is 1.43 bits per heavy atom. The Kier molecular flexibility index (Phi) is 3.13. The van der Waals surface area contributed by atoms with Crippen LogP contribution in [0.1, 0.15) is 12.5 Å². The van der Waals surface area contributed by atoms with E-state index in [2.05, 4.69) is 4.72 Å². The number of rotatable bonds is 3. The quantitative estimate of drug-likeness (QED) is 0.733. The van der Waals surface area contributed by atoms with Crippen molar-refractivity contribution in [1.82, 2.24) is 4.72 Å². The molecule has 0 atom stereocenters. The molecule has 0 spiro atoms. The third-order valence-corrected chi connectivity index (χ3v) is 3.53. The Morgan fingerprint density at radius 3 is 2.57 bits per heavy atom. The highest BCUT2D eigenvalue weighted by atomic mass is 32.2. The topological polar surface area (TPSA) is 72.2 Å². The van der Waals surface area contributed by atoms with E-state index in [1.165, 1.54) is 6.07 Å². The number of nitrogens with two attached hydrogens (primary N) is 1. The van der Waals surface area contributed by atoms with Gasteiger partial charge < -0.3 is 5.73 Å². The van der Waals surface area contributed by atoms with Gasteiger partial charge in [0.05, 0.1) is 4.90 Å². The molecule has 1 rings (SSSR count). The van der Waals surface area contributed by atoms with Crippen molar-refractivity contribution in [2.24, 2.45) is 0 Å². The number of nitrogen functional groups attached to an aromatic ring is 1. The zero-order valence-corrected chi connectivity index (χ0v) is 9.06. The molecular formula is C9H14N2O2S. The smallest absolute Gasteiger partial charge is 0.240 e. The minimum atomic E-state index is -3.36. The predicted octanol–water partition coefficient (Wildman–Crippen LogP) is 0.875. The zero-order valence-electron chi connectivity index (χ0n) is 8.24. The molecule has 0 radical (unpaired) electrons. The molecule has 78 valence electrons. The number of benzene rings is 1. The summed E-state index contributed by atoms with van der Waals surface area (Å²) in [5.74, 6) is 0. The first-order chi connectivity index (χ1) is 6.47. The second kappa shape index (κ2) is 3.98. The first-order valence-corrected chi connectivity index (χ1v) is 5.81. The van der Waals surface area contributed by atoms with E-state index in [1.54, 1.807) is 26.0 Å². The zero-order chi connectivity index (χ0) is 10.8. The highest BCUT2D eigenvalue weighted by Crippen LogP contribution is 2.17. The second-order valence-corrected chi connectivity index (χ2v) is 4.76. The van der Waals surface area contributed by atoms with Gasteiger partial charge in [0.2, 0.25) is 10.0 Å². The Bertz CT molecular complexity index is 426. The van der Waals surface area contributed by atoms with Crippen LogP contribution in [0, 0.1) is 6.92 Å². The highest BCUT2D eigenvalue weighted by molar-refractivity contribution is 7.89. The van der Waals surface area contributed by atoms with Crippen molar-refractivity contribution in [3.05, 3.63) is 23.8 Å². The van der Waals surface area contributed by atoms with Crippen LogP contribution in [0.3, 0.4) is 0 Å². The Balaban J connectivity index is 3.20. The lowest BCUT2D eigenvalue weighted by molar-refractivity contribution is 0.583. The van der Waals surface area contributed by atoms with Gasteiger partial charge in [-0.3, -0.25) is 0 Å². The van der Waals surface area contributed by atoms with Gasteiger partial charge in [-0.25, -0.2) is 13.1 Å². The molecule has 14 heavy (non-hydrogen) atoms. The van der Waals surface area contributed by atoms with Gasteiger partial charge in [0, 0.05) is 12.2 Å². The molecule has 4 nitrogen and oxygen atoms in total. The molecule has 0 heterocycles. The molecule has 0 aromatic heterocycles. The van der Waals surface area contributed by atoms with E-state index in [0.717, 1.165) is 0 Å². The molecule has 0 saturated carbocycles. The molecule has 5 heteroatoms. The lowest BCUT2D eigenvalue weighted by Crippen LogP contribution is -2.23. The van der Waals surface area contributed by atoms with Gasteiger partial charge in [-0.2, -0.15) is 0 Å². The summed E-state index contributed by atoms with van der Waals surface area (Å²) in [4.78, 5) is 0.286. The van der Waals surface area contributed by atoms with E-state index in [1.807, 2.05) is 0 Å². The largest absolute Gasteiger partial charge is 0.399 e. The van der Waals surface area contributed by atoms with E-state index in [9.17, 15) is 8.42 Å². The van der Waals surface area contributed by atoms with Crippen LogP contribution in [0.5, 0.6) is 0 Å². The van der Waals surface area contributed by atoms with Crippen molar-refractivity contribution in [2.45, 2.75) is 18.7 Å². The molecule has 0 saturated heterocycles. The van der Waals surface area contributed by atoms with Crippen molar-refractivity contribution < 1.29 is 8.42 Å². The molecule has 1 aromatic carbocycles. The van der Waals surface area contributed by atoms with Crippen LogP contribution in [0.15, 0.2) is 23.1 Å². The van der Waals surface area contributed by atoms with E-state index >= 15 is 0 Å². The van der Waals surface area contributed by atoms with Crippen LogP contribution in [0.25, 0.3) is 0 Å². The number of anilines is 1. The third kappa shape index (κ3) is 2.24. The number of nitrogens with one attached hydrogen (secondary N) is 1. The Morgan fingerprint density at radius 2 is 2.07 bits per heavy atom. The molecule has 3 N–H and O–H groups in total. The highest BCUT2D eigenvalue weighted by Gasteiger charge is 2.14. The molecule has 0 unspecified atom stereocenters. The van der Waals surface area contributed by atoms with Gasteiger partial charge in [-0.05, 0) is 30.7 Å². The summed E-state index contributed by atoms with van der Waals surface area (Å²) in [6, 6.07) is 4.74. The van der Waals surface area contributed by atoms with Crippen LogP contribution >= 0.6 is 0 Å². The van der Waals surface area contributed by atoms with Crippen molar-refractivity contribution in [1.29, 1.82) is 0 Å². The lowest BCUT2D eigenvalue weighted by atomic mass is 10.2. The summed E-state index contributed by atoms with van der Waals surface area (Å²) >= 11 is 0. The molecule has 0 bridgehead atoms. The summed E-state index contributed by atoms with van der Waals surface area (Å²) < 4.78 is 25.7. The molecule has 0 amide bonds. The number of aryl methyl sites for hydroxylation is 1. The van der Waals surface area contributed by atoms with Gasteiger partial charge in [-0.1, -0.05) is 6.92 Å². The van der Waals surface area contributed by atoms with Crippen LogP contribution < -0.4 is 10.5 Å². The first kappa shape index (κ1) is 11.0. The first-order valence-electron chi connectivity index (χ1n) is 4.33.